The zero-order valence-electron chi connectivity index (χ0n) is 9.80. The number of aryl methyl sites for hydroxylation is 1. The standard InChI is InChI=1S/C11H17NO3S2/c1-2-10-3-4-11(16-10)17(14,15)12-7-5-9(13)6-8-12/h3-4,9,13H,2,5-8H2,1H3. The second-order valence-corrected chi connectivity index (χ2v) is 7.54. The van der Waals surface area contributed by atoms with E-state index in [0.29, 0.717) is 30.1 Å². The lowest BCUT2D eigenvalue weighted by Crippen LogP contribution is -2.39. The van der Waals surface area contributed by atoms with Crippen molar-refractivity contribution in [3.05, 3.63) is 17.0 Å². The van der Waals surface area contributed by atoms with E-state index in [4.69, 9.17) is 0 Å². The molecule has 0 aromatic carbocycles. The quantitative estimate of drug-likeness (QED) is 0.908. The first-order chi connectivity index (χ1) is 8.04. The molecular weight excluding hydrogens is 258 g/mol. The average molecular weight is 275 g/mol. The molecule has 1 aliphatic rings. The lowest BCUT2D eigenvalue weighted by Gasteiger charge is -2.28. The summed E-state index contributed by atoms with van der Waals surface area (Å²) < 4.78 is 26.5. The molecule has 1 aromatic heterocycles. The third-order valence-corrected chi connectivity index (χ3v) is 6.60. The van der Waals surface area contributed by atoms with Crippen molar-refractivity contribution < 1.29 is 13.5 Å². The third kappa shape index (κ3) is 2.70. The summed E-state index contributed by atoms with van der Waals surface area (Å²) in [5.74, 6) is 0. The van der Waals surface area contributed by atoms with Gasteiger partial charge in [0.05, 0.1) is 6.10 Å². The van der Waals surface area contributed by atoms with Gasteiger partial charge in [0, 0.05) is 18.0 Å². The maximum atomic E-state index is 12.3. The molecule has 6 heteroatoms. The molecule has 1 fully saturated rings. The Kier molecular flexibility index (Phi) is 3.87. The molecule has 4 nitrogen and oxygen atoms in total. The largest absolute Gasteiger partial charge is 0.393 e. The van der Waals surface area contributed by atoms with Crippen molar-refractivity contribution in [1.29, 1.82) is 0 Å². The van der Waals surface area contributed by atoms with Crippen molar-refractivity contribution in [1.82, 2.24) is 4.31 Å². The van der Waals surface area contributed by atoms with E-state index in [9.17, 15) is 13.5 Å². The molecule has 1 aliphatic heterocycles. The summed E-state index contributed by atoms with van der Waals surface area (Å²) >= 11 is 1.34. The molecule has 1 N–H and O–H groups in total. The molecule has 0 atom stereocenters. The van der Waals surface area contributed by atoms with E-state index in [1.54, 1.807) is 6.07 Å². The van der Waals surface area contributed by atoms with Crippen LogP contribution >= 0.6 is 11.3 Å². The Morgan fingerprint density at radius 1 is 1.41 bits per heavy atom. The van der Waals surface area contributed by atoms with Crippen LogP contribution in [0.1, 0.15) is 24.6 Å². The van der Waals surface area contributed by atoms with Crippen LogP contribution < -0.4 is 0 Å². The minimum Gasteiger partial charge on any atom is -0.393 e. The number of sulfonamides is 1. The molecule has 1 aromatic rings. The highest BCUT2D eigenvalue weighted by molar-refractivity contribution is 7.91. The zero-order valence-corrected chi connectivity index (χ0v) is 11.4. The molecule has 0 spiro atoms. The van der Waals surface area contributed by atoms with Gasteiger partial charge in [-0.05, 0) is 31.4 Å². The van der Waals surface area contributed by atoms with Gasteiger partial charge in [0.1, 0.15) is 4.21 Å². The van der Waals surface area contributed by atoms with Crippen LogP contribution in [-0.2, 0) is 16.4 Å². The number of nitrogens with zero attached hydrogens (tertiary/aromatic N) is 1. The minimum atomic E-state index is -3.33. The second-order valence-electron chi connectivity index (χ2n) is 4.21. The van der Waals surface area contributed by atoms with Crippen molar-refractivity contribution in [3.8, 4) is 0 Å². The highest BCUT2D eigenvalue weighted by Crippen LogP contribution is 2.27. The van der Waals surface area contributed by atoms with E-state index in [-0.39, 0.29) is 6.10 Å². The highest BCUT2D eigenvalue weighted by Gasteiger charge is 2.29. The molecule has 0 aliphatic carbocycles. The van der Waals surface area contributed by atoms with E-state index < -0.39 is 10.0 Å². The first-order valence-corrected chi connectivity index (χ1v) is 8.06. The van der Waals surface area contributed by atoms with Crippen LogP contribution in [0.5, 0.6) is 0 Å². The van der Waals surface area contributed by atoms with Gasteiger partial charge in [-0.25, -0.2) is 8.42 Å². The van der Waals surface area contributed by atoms with Crippen molar-refractivity contribution >= 4 is 21.4 Å². The van der Waals surface area contributed by atoms with Gasteiger partial charge >= 0.3 is 0 Å². The molecular formula is C11H17NO3S2. The predicted molar refractivity (Wildman–Crippen MR) is 67.7 cm³/mol. The lowest BCUT2D eigenvalue weighted by atomic mass is 10.1. The van der Waals surface area contributed by atoms with Crippen molar-refractivity contribution in [3.63, 3.8) is 0 Å². The Morgan fingerprint density at radius 3 is 2.59 bits per heavy atom. The summed E-state index contributed by atoms with van der Waals surface area (Å²) in [4.78, 5) is 1.08. The second kappa shape index (κ2) is 5.06. The van der Waals surface area contributed by atoms with Gasteiger partial charge < -0.3 is 5.11 Å². The van der Waals surface area contributed by atoms with Crippen LogP contribution in [0.3, 0.4) is 0 Å². The van der Waals surface area contributed by atoms with Gasteiger partial charge in [-0.1, -0.05) is 6.92 Å². The smallest absolute Gasteiger partial charge is 0.252 e. The lowest BCUT2D eigenvalue weighted by molar-refractivity contribution is 0.113. The molecule has 0 bridgehead atoms. The first-order valence-electron chi connectivity index (χ1n) is 5.81. The minimum absolute atomic E-state index is 0.351. The van der Waals surface area contributed by atoms with E-state index in [1.165, 1.54) is 15.6 Å². The van der Waals surface area contributed by atoms with Gasteiger partial charge in [-0.2, -0.15) is 4.31 Å². The summed E-state index contributed by atoms with van der Waals surface area (Å²) in [5.41, 5.74) is 0. The third-order valence-electron chi connectivity index (χ3n) is 3.00. The molecule has 0 unspecified atom stereocenters. The van der Waals surface area contributed by atoms with Gasteiger partial charge in [0.15, 0.2) is 0 Å². The predicted octanol–water partition coefficient (Wildman–Crippen LogP) is 1.46. The van der Waals surface area contributed by atoms with Crippen molar-refractivity contribution in [2.45, 2.75) is 36.5 Å². The normalized spacial score (nSPS) is 19.6. The zero-order chi connectivity index (χ0) is 12.5. The number of rotatable bonds is 3. The fourth-order valence-electron chi connectivity index (χ4n) is 1.90. The fourth-order valence-corrected chi connectivity index (χ4v) is 4.82. The van der Waals surface area contributed by atoms with Gasteiger partial charge in [0.25, 0.3) is 10.0 Å². The fraction of sp³-hybridized carbons (Fsp3) is 0.636. The summed E-state index contributed by atoms with van der Waals surface area (Å²) in [6.45, 7) is 2.85. The number of hydrogen-bond donors (Lipinski definition) is 1. The summed E-state index contributed by atoms with van der Waals surface area (Å²) in [5, 5.41) is 9.39. The number of hydrogen-bond acceptors (Lipinski definition) is 4. The summed E-state index contributed by atoms with van der Waals surface area (Å²) in [7, 11) is -3.33. The Balaban J connectivity index is 2.18. The van der Waals surface area contributed by atoms with Gasteiger partial charge in [0.2, 0.25) is 0 Å². The molecule has 17 heavy (non-hydrogen) atoms. The van der Waals surface area contributed by atoms with Crippen LogP contribution in [0, 0.1) is 0 Å². The molecule has 2 heterocycles. The molecule has 0 amide bonds. The Labute approximate surface area is 106 Å². The topological polar surface area (TPSA) is 57.6 Å². The number of piperidine rings is 1. The van der Waals surface area contributed by atoms with E-state index in [2.05, 4.69) is 0 Å². The molecule has 1 saturated heterocycles. The van der Waals surface area contributed by atoms with Crippen molar-refractivity contribution in [2.75, 3.05) is 13.1 Å². The van der Waals surface area contributed by atoms with Crippen LogP contribution in [0.4, 0.5) is 0 Å². The van der Waals surface area contributed by atoms with Crippen LogP contribution in [0.2, 0.25) is 0 Å². The number of aliphatic hydroxyl groups excluding tert-OH is 1. The van der Waals surface area contributed by atoms with Crippen molar-refractivity contribution in [2.24, 2.45) is 0 Å². The van der Waals surface area contributed by atoms with Crippen LogP contribution in [0.25, 0.3) is 0 Å². The van der Waals surface area contributed by atoms with E-state index in [1.807, 2.05) is 13.0 Å². The van der Waals surface area contributed by atoms with E-state index in [0.717, 1.165) is 11.3 Å². The summed E-state index contributed by atoms with van der Waals surface area (Å²) in [6, 6.07) is 3.56. The SMILES string of the molecule is CCc1ccc(S(=O)(=O)N2CCC(O)CC2)s1. The monoisotopic (exact) mass is 275 g/mol. The molecule has 96 valence electrons. The summed E-state index contributed by atoms with van der Waals surface area (Å²) in [6.07, 6.45) is 1.58. The van der Waals surface area contributed by atoms with Crippen LogP contribution in [0.15, 0.2) is 16.3 Å². The Bertz CT molecular complexity index is 473. The maximum Gasteiger partial charge on any atom is 0.252 e. The Hall–Kier alpha value is -0.430. The highest BCUT2D eigenvalue weighted by atomic mass is 32.2. The Morgan fingerprint density at radius 2 is 2.06 bits per heavy atom. The molecule has 0 radical (unpaired) electrons. The number of thiophene rings is 1. The molecule has 0 saturated carbocycles. The number of aliphatic hydroxyl groups is 1. The van der Waals surface area contributed by atoms with Gasteiger partial charge in [-0.3, -0.25) is 0 Å². The average Bonchev–Trinajstić information content (AvgIpc) is 2.78. The van der Waals surface area contributed by atoms with Gasteiger partial charge in [-0.15, -0.1) is 11.3 Å². The first kappa shape index (κ1) is 13.0. The van der Waals surface area contributed by atoms with E-state index >= 15 is 0 Å². The maximum absolute atomic E-state index is 12.3. The molecule has 2 rings (SSSR count). The van der Waals surface area contributed by atoms with Crippen LogP contribution in [-0.4, -0.2) is 37.0 Å².